The quantitative estimate of drug-likeness (QED) is 0.632. The highest BCUT2D eigenvalue weighted by molar-refractivity contribution is 6.71. The van der Waals surface area contributed by atoms with Crippen LogP contribution in [-0.4, -0.2) is 13.9 Å². The smallest absolute Gasteiger partial charge is 0.187 e. The Bertz CT molecular complexity index is 227. The third-order valence-electron chi connectivity index (χ3n) is 5.14. The number of rotatable bonds is 4. The van der Waals surface area contributed by atoms with Crippen molar-refractivity contribution in [2.75, 3.05) is 0 Å². The lowest BCUT2D eigenvalue weighted by molar-refractivity contribution is -0.0999. The van der Waals surface area contributed by atoms with Gasteiger partial charge in [-0.3, -0.25) is 0 Å². The Labute approximate surface area is 103 Å². The van der Waals surface area contributed by atoms with E-state index in [0.717, 1.165) is 0 Å². The van der Waals surface area contributed by atoms with Crippen molar-refractivity contribution in [3.63, 3.8) is 0 Å². The normalized spacial score (nSPS) is 26.6. The van der Waals surface area contributed by atoms with E-state index in [4.69, 9.17) is 4.43 Å². The van der Waals surface area contributed by atoms with Gasteiger partial charge in [0.25, 0.3) is 0 Å². The van der Waals surface area contributed by atoms with Gasteiger partial charge >= 0.3 is 0 Å². The largest absolute Gasteiger partial charge is 0.411 e. The second kappa shape index (κ2) is 4.81. The van der Waals surface area contributed by atoms with Crippen molar-refractivity contribution >= 4 is 8.32 Å². The van der Waals surface area contributed by atoms with Gasteiger partial charge in [0.05, 0.1) is 5.60 Å². The van der Waals surface area contributed by atoms with Gasteiger partial charge in [-0.1, -0.05) is 27.7 Å². The van der Waals surface area contributed by atoms with Gasteiger partial charge in [-0.2, -0.15) is 0 Å². The van der Waals surface area contributed by atoms with Crippen molar-refractivity contribution in [1.29, 1.82) is 0 Å². The minimum atomic E-state index is -1.39. The maximum atomic E-state index is 6.70. The lowest BCUT2D eigenvalue weighted by Crippen LogP contribution is -2.59. The van der Waals surface area contributed by atoms with E-state index >= 15 is 0 Å². The molecule has 0 aliphatic carbocycles. The molecule has 0 amide bonds. The first kappa shape index (κ1) is 14.2. The molecule has 0 saturated carbocycles. The van der Waals surface area contributed by atoms with Gasteiger partial charge in [0, 0.05) is 0 Å². The monoisotopic (exact) mass is 242 g/mol. The summed E-state index contributed by atoms with van der Waals surface area (Å²) in [6, 6.07) is 1.34. The molecule has 1 rings (SSSR count). The summed E-state index contributed by atoms with van der Waals surface area (Å²) >= 11 is 0. The summed E-state index contributed by atoms with van der Waals surface area (Å²) < 4.78 is 6.70. The van der Waals surface area contributed by atoms with Crippen molar-refractivity contribution in [2.24, 2.45) is 5.41 Å². The Morgan fingerprint density at radius 2 is 1.44 bits per heavy atom. The van der Waals surface area contributed by atoms with E-state index < -0.39 is 8.32 Å². The maximum Gasteiger partial charge on any atom is 0.187 e. The molecule has 1 fully saturated rings. The Hall–Kier alpha value is 0.177. The summed E-state index contributed by atoms with van der Waals surface area (Å²) in [5.41, 5.74) is 0.615. The number of hydrogen-bond acceptors (Lipinski definition) is 1. The molecular formula is C14H30OSi. The molecular weight excluding hydrogens is 212 g/mol. The molecule has 0 aromatic rings. The summed E-state index contributed by atoms with van der Waals surface area (Å²) in [5, 5.41) is 0. The van der Waals surface area contributed by atoms with Gasteiger partial charge in [-0.15, -0.1) is 0 Å². The molecule has 1 saturated heterocycles. The second-order valence-corrected chi connectivity index (χ2v) is 10.3. The lowest BCUT2D eigenvalue weighted by atomic mass is 9.64. The van der Waals surface area contributed by atoms with Gasteiger partial charge < -0.3 is 4.43 Å². The van der Waals surface area contributed by atoms with Crippen LogP contribution in [0.15, 0.2) is 0 Å². The standard InChI is InChI=1S/C14H30OSi/c1-7-13(8-2)11-12-16(5,6)15-14(13,9-3)10-4/h7-12H2,1-6H3. The van der Waals surface area contributed by atoms with Gasteiger partial charge in [-0.05, 0) is 56.7 Å². The van der Waals surface area contributed by atoms with Crippen molar-refractivity contribution in [3.8, 4) is 0 Å². The molecule has 1 heterocycles. The van der Waals surface area contributed by atoms with E-state index in [-0.39, 0.29) is 5.60 Å². The van der Waals surface area contributed by atoms with Crippen LogP contribution in [0.3, 0.4) is 0 Å². The molecule has 96 valence electrons. The molecule has 2 heteroatoms. The molecule has 0 aromatic heterocycles. The molecule has 0 N–H and O–H groups in total. The molecule has 0 aromatic carbocycles. The Morgan fingerprint density at radius 1 is 0.938 bits per heavy atom. The molecule has 0 spiro atoms. The van der Waals surface area contributed by atoms with Gasteiger partial charge in [0.15, 0.2) is 8.32 Å². The lowest BCUT2D eigenvalue weighted by Gasteiger charge is -2.57. The zero-order valence-electron chi connectivity index (χ0n) is 12.2. The first-order valence-electron chi connectivity index (χ1n) is 7.11. The zero-order valence-corrected chi connectivity index (χ0v) is 13.2. The van der Waals surface area contributed by atoms with Crippen molar-refractivity contribution in [2.45, 2.75) is 84.5 Å². The van der Waals surface area contributed by atoms with E-state index in [1.165, 1.54) is 38.1 Å². The number of hydrogen-bond donors (Lipinski definition) is 0. The Kier molecular flexibility index (Phi) is 4.28. The van der Waals surface area contributed by atoms with E-state index in [0.29, 0.717) is 5.41 Å². The molecule has 1 nitrogen and oxygen atoms in total. The van der Waals surface area contributed by atoms with Gasteiger partial charge in [-0.25, -0.2) is 0 Å². The average molecular weight is 242 g/mol. The maximum absolute atomic E-state index is 6.70. The molecule has 0 unspecified atom stereocenters. The molecule has 16 heavy (non-hydrogen) atoms. The minimum Gasteiger partial charge on any atom is -0.411 e. The molecule has 1 aliphatic rings. The van der Waals surface area contributed by atoms with Crippen molar-refractivity contribution in [3.05, 3.63) is 0 Å². The third-order valence-corrected chi connectivity index (χ3v) is 7.54. The van der Waals surface area contributed by atoms with Crippen LogP contribution in [0.25, 0.3) is 0 Å². The highest BCUT2D eigenvalue weighted by Gasteiger charge is 2.53. The van der Waals surface area contributed by atoms with Crippen molar-refractivity contribution < 1.29 is 4.43 Å². The summed E-state index contributed by atoms with van der Waals surface area (Å²) in [6.07, 6.45) is 6.30. The molecule has 0 bridgehead atoms. The Balaban J connectivity index is 3.09. The highest BCUT2D eigenvalue weighted by Crippen LogP contribution is 2.54. The fourth-order valence-electron chi connectivity index (χ4n) is 3.85. The molecule has 0 radical (unpaired) electrons. The Morgan fingerprint density at radius 3 is 1.81 bits per heavy atom. The zero-order chi connectivity index (χ0) is 12.4. The molecule has 1 aliphatic heterocycles. The van der Waals surface area contributed by atoms with Crippen LogP contribution in [0.1, 0.15) is 59.8 Å². The molecule has 0 atom stereocenters. The van der Waals surface area contributed by atoms with Crippen LogP contribution in [0.4, 0.5) is 0 Å². The highest BCUT2D eigenvalue weighted by atomic mass is 28.4. The van der Waals surface area contributed by atoms with Gasteiger partial charge in [0.2, 0.25) is 0 Å². The first-order chi connectivity index (χ1) is 7.41. The van der Waals surface area contributed by atoms with E-state index in [9.17, 15) is 0 Å². The second-order valence-electron chi connectivity index (χ2n) is 6.05. The predicted molar refractivity (Wildman–Crippen MR) is 74.3 cm³/mol. The van der Waals surface area contributed by atoms with Crippen LogP contribution in [-0.2, 0) is 4.43 Å². The van der Waals surface area contributed by atoms with Crippen LogP contribution >= 0.6 is 0 Å². The average Bonchev–Trinajstić information content (AvgIpc) is 2.28. The van der Waals surface area contributed by atoms with E-state index in [2.05, 4.69) is 40.8 Å². The minimum absolute atomic E-state index is 0.171. The van der Waals surface area contributed by atoms with Crippen molar-refractivity contribution in [1.82, 2.24) is 0 Å². The summed E-state index contributed by atoms with van der Waals surface area (Å²) in [4.78, 5) is 0. The third kappa shape index (κ3) is 2.11. The van der Waals surface area contributed by atoms with Crippen LogP contribution in [0, 0.1) is 5.41 Å². The fraction of sp³-hybridized carbons (Fsp3) is 1.00. The first-order valence-corrected chi connectivity index (χ1v) is 10.2. The summed E-state index contributed by atoms with van der Waals surface area (Å²) in [5.74, 6) is 0. The topological polar surface area (TPSA) is 9.23 Å². The fourth-order valence-corrected chi connectivity index (χ4v) is 6.59. The van der Waals surface area contributed by atoms with Crippen LogP contribution < -0.4 is 0 Å². The van der Waals surface area contributed by atoms with E-state index in [1.807, 2.05) is 0 Å². The summed E-state index contributed by atoms with van der Waals surface area (Å²) in [6.45, 7) is 14.1. The predicted octanol–water partition coefficient (Wildman–Crippen LogP) is 4.98. The van der Waals surface area contributed by atoms with Crippen LogP contribution in [0.2, 0.25) is 19.1 Å². The SMILES string of the molecule is CCC1(CC)CC[Si](C)(C)OC1(CC)CC. The summed E-state index contributed by atoms with van der Waals surface area (Å²) in [7, 11) is -1.39. The van der Waals surface area contributed by atoms with Crippen LogP contribution in [0.5, 0.6) is 0 Å². The van der Waals surface area contributed by atoms with Gasteiger partial charge in [0.1, 0.15) is 0 Å². The van der Waals surface area contributed by atoms with E-state index in [1.54, 1.807) is 0 Å².